The van der Waals surface area contributed by atoms with Gasteiger partial charge >= 0.3 is 12.3 Å². The van der Waals surface area contributed by atoms with Crippen molar-refractivity contribution in [3.05, 3.63) is 48.5 Å². The molecular formula is C18H14F3NO6. The quantitative estimate of drug-likeness (QED) is 0.782. The van der Waals surface area contributed by atoms with Gasteiger partial charge in [0.25, 0.3) is 5.91 Å². The van der Waals surface area contributed by atoms with E-state index in [1.165, 1.54) is 12.1 Å². The van der Waals surface area contributed by atoms with E-state index < -0.39 is 36.7 Å². The van der Waals surface area contributed by atoms with E-state index in [2.05, 4.69) is 10.1 Å². The van der Waals surface area contributed by atoms with Crippen LogP contribution < -0.4 is 19.5 Å². The molecule has 1 aliphatic heterocycles. The second-order valence-electron chi connectivity index (χ2n) is 5.59. The van der Waals surface area contributed by atoms with Crippen LogP contribution >= 0.6 is 0 Å². The third-order valence-electron chi connectivity index (χ3n) is 3.49. The predicted molar refractivity (Wildman–Crippen MR) is 89.1 cm³/mol. The molecule has 28 heavy (non-hydrogen) atoms. The molecule has 0 saturated carbocycles. The number of alkyl halides is 3. The van der Waals surface area contributed by atoms with Crippen LogP contribution in [0.3, 0.4) is 0 Å². The van der Waals surface area contributed by atoms with Crippen molar-refractivity contribution in [3.8, 4) is 17.2 Å². The Bertz CT molecular complexity index is 853. The van der Waals surface area contributed by atoms with E-state index in [-0.39, 0.29) is 12.3 Å². The maximum atomic E-state index is 12.1. The average Bonchev–Trinajstić information content (AvgIpc) is 2.66. The third-order valence-corrected chi connectivity index (χ3v) is 3.49. The average molecular weight is 397 g/mol. The van der Waals surface area contributed by atoms with Crippen molar-refractivity contribution in [2.45, 2.75) is 12.5 Å². The van der Waals surface area contributed by atoms with Crippen molar-refractivity contribution in [3.63, 3.8) is 0 Å². The number of anilines is 1. The Morgan fingerprint density at radius 1 is 1.07 bits per heavy atom. The Labute approximate surface area is 156 Å². The fraction of sp³-hybridized carbons (Fsp3) is 0.222. The van der Waals surface area contributed by atoms with E-state index >= 15 is 0 Å². The van der Waals surface area contributed by atoms with Gasteiger partial charge in [-0.25, -0.2) is 4.79 Å². The molecule has 148 valence electrons. The standard InChI is InChI=1S/C18H14F3NO6/c19-18(20,21)28-12-7-5-11(6-8-12)22-16(23)10-26-17(24)15-9-25-13-3-1-2-4-14(13)27-15/h1-8,15H,9-10H2,(H,22,23). The number of halogens is 3. The summed E-state index contributed by atoms with van der Waals surface area (Å²) in [5.41, 5.74) is 0.210. The maximum absolute atomic E-state index is 12.1. The van der Waals surface area contributed by atoms with E-state index in [1.54, 1.807) is 24.3 Å². The first kappa shape index (κ1) is 19.3. The molecule has 1 atom stereocenters. The molecule has 2 aromatic rings. The molecule has 2 aromatic carbocycles. The number of fused-ring (bicyclic) bond motifs is 1. The van der Waals surface area contributed by atoms with Crippen molar-refractivity contribution < 1.29 is 41.7 Å². The van der Waals surface area contributed by atoms with E-state index in [1.807, 2.05) is 0 Å². The summed E-state index contributed by atoms with van der Waals surface area (Å²) in [7, 11) is 0. The summed E-state index contributed by atoms with van der Waals surface area (Å²) in [5, 5.41) is 2.38. The number of rotatable bonds is 5. The number of carbonyl (C=O) groups excluding carboxylic acids is 2. The molecule has 1 N–H and O–H groups in total. The molecular weight excluding hydrogens is 383 g/mol. The zero-order valence-corrected chi connectivity index (χ0v) is 14.2. The Hall–Kier alpha value is -3.43. The van der Waals surface area contributed by atoms with Crippen molar-refractivity contribution in [1.29, 1.82) is 0 Å². The molecule has 0 saturated heterocycles. The first-order valence-electron chi connectivity index (χ1n) is 8.01. The molecule has 0 aromatic heterocycles. The monoisotopic (exact) mass is 397 g/mol. The van der Waals surface area contributed by atoms with Gasteiger partial charge < -0.3 is 24.3 Å². The molecule has 10 heteroatoms. The van der Waals surface area contributed by atoms with Gasteiger partial charge in [0.1, 0.15) is 12.4 Å². The molecule has 0 bridgehead atoms. The number of hydrogen-bond acceptors (Lipinski definition) is 6. The minimum absolute atomic E-state index is 0.0574. The highest BCUT2D eigenvalue weighted by atomic mass is 19.4. The smallest absolute Gasteiger partial charge is 0.485 e. The lowest BCUT2D eigenvalue weighted by atomic mass is 10.2. The molecule has 1 aliphatic rings. The highest BCUT2D eigenvalue weighted by Gasteiger charge is 2.31. The summed E-state index contributed by atoms with van der Waals surface area (Å²) < 4.78 is 55.8. The van der Waals surface area contributed by atoms with Crippen LogP contribution in [0.25, 0.3) is 0 Å². The number of para-hydroxylation sites is 2. The second kappa shape index (κ2) is 8.07. The summed E-state index contributed by atoms with van der Waals surface area (Å²) in [4.78, 5) is 23.9. The van der Waals surface area contributed by atoms with Crippen LogP contribution in [0.2, 0.25) is 0 Å². The Morgan fingerprint density at radius 3 is 2.43 bits per heavy atom. The van der Waals surface area contributed by atoms with Crippen LogP contribution in [-0.2, 0) is 14.3 Å². The summed E-state index contributed by atoms with van der Waals surface area (Å²) in [6.07, 6.45) is -5.81. The SMILES string of the molecule is O=C(COC(=O)C1COc2ccccc2O1)Nc1ccc(OC(F)(F)F)cc1. The zero-order chi connectivity index (χ0) is 20.1. The van der Waals surface area contributed by atoms with Crippen LogP contribution in [-0.4, -0.2) is 37.6 Å². The second-order valence-corrected chi connectivity index (χ2v) is 5.59. The summed E-state index contributed by atoms with van der Waals surface area (Å²) >= 11 is 0. The molecule has 0 spiro atoms. The molecule has 0 fully saturated rings. The van der Waals surface area contributed by atoms with Gasteiger partial charge in [-0.2, -0.15) is 0 Å². The number of benzene rings is 2. The number of esters is 1. The van der Waals surface area contributed by atoms with Crippen LogP contribution in [0.15, 0.2) is 48.5 Å². The van der Waals surface area contributed by atoms with Crippen molar-refractivity contribution in [1.82, 2.24) is 0 Å². The van der Waals surface area contributed by atoms with E-state index in [9.17, 15) is 22.8 Å². The molecule has 1 amide bonds. The molecule has 7 nitrogen and oxygen atoms in total. The van der Waals surface area contributed by atoms with Crippen molar-refractivity contribution >= 4 is 17.6 Å². The molecule has 0 aliphatic carbocycles. The van der Waals surface area contributed by atoms with Crippen LogP contribution in [0.5, 0.6) is 17.2 Å². The maximum Gasteiger partial charge on any atom is 0.573 e. The summed E-state index contributed by atoms with van der Waals surface area (Å²) in [5.74, 6) is -0.983. The van der Waals surface area contributed by atoms with Gasteiger partial charge in [0.15, 0.2) is 18.1 Å². The van der Waals surface area contributed by atoms with Gasteiger partial charge in [0.05, 0.1) is 0 Å². The Balaban J connectivity index is 1.46. The molecule has 1 unspecified atom stereocenters. The first-order valence-corrected chi connectivity index (χ1v) is 8.01. The number of ether oxygens (including phenoxy) is 4. The number of carbonyl (C=O) groups is 2. The van der Waals surface area contributed by atoms with Crippen LogP contribution in [0.1, 0.15) is 0 Å². The molecule has 1 heterocycles. The van der Waals surface area contributed by atoms with Crippen molar-refractivity contribution in [2.24, 2.45) is 0 Å². The van der Waals surface area contributed by atoms with E-state index in [4.69, 9.17) is 14.2 Å². The van der Waals surface area contributed by atoms with Gasteiger partial charge in [-0.3, -0.25) is 4.79 Å². The minimum Gasteiger partial charge on any atom is -0.485 e. The predicted octanol–water partition coefficient (Wildman–Crippen LogP) is 2.91. The van der Waals surface area contributed by atoms with Crippen LogP contribution in [0, 0.1) is 0 Å². The van der Waals surface area contributed by atoms with Crippen molar-refractivity contribution in [2.75, 3.05) is 18.5 Å². The van der Waals surface area contributed by atoms with Gasteiger partial charge in [0, 0.05) is 5.69 Å². The van der Waals surface area contributed by atoms with Gasteiger partial charge in [-0.15, -0.1) is 13.2 Å². The summed E-state index contributed by atoms with van der Waals surface area (Å²) in [6, 6.07) is 11.3. The first-order chi connectivity index (χ1) is 13.3. The number of amides is 1. The van der Waals surface area contributed by atoms with Crippen LogP contribution in [0.4, 0.5) is 18.9 Å². The zero-order valence-electron chi connectivity index (χ0n) is 14.2. The lowest BCUT2D eigenvalue weighted by Crippen LogP contribution is -2.39. The van der Waals surface area contributed by atoms with Gasteiger partial charge in [-0.05, 0) is 36.4 Å². The lowest BCUT2D eigenvalue weighted by molar-refractivity contribution is -0.274. The molecule has 3 rings (SSSR count). The largest absolute Gasteiger partial charge is 0.573 e. The number of nitrogens with one attached hydrogen (secondary N) is 1. The summed E-state index contributed by atoms with van der Waals surface area (Å²) in [6.45, 7) is -0.653. The fourth-order valence-electron chi connectivity index (χ4n) is 2.30. The van der Waals surface area contributed by atoms with Gasteiger partial charge in [0.2, 0.25) is 6.10 Å². The molecule has 0 radical (unpaired) electrons. The number of hydrogen-bond donors (Lipinski definition) is 1. The fourth-order valence-corrected chi connectivity index (χ4v) is 2.30. The highest BCUT2D eigenvalue weighted by Crippen LogP contribution is 2.31. The highest BCUT2D eigenvalue weighted by molar-refractivity contribution is 5.93. The van der Waals surface area contributed by atoms with E-state index in [0.717, 1.165) is 12.1 Å². The Morgan fingerprint density at radius 2 is 1.75 bits per heavy atom. The normalized spacial score (nSPS) is 15.5. The lowest BCUT2D eigenvalue weighted by Gasteiger charge is -2.24. The Kier molecular flexibility index (Phi) is 5.57. The minimum atomic E-state index is -4.80. The topological polar surface area (TPSA) is 83.1 Å². The third kappa shape index (κ3) is 5.29. The van der Waals surface area contributed by atoms with Gasteiger partial charge in [-0.1, -0.05) is 12.1 Å². The van der Waals surface area contributed by atoms with E-state index in [0.29, 0.717) is 11.5 Å².